The number of primary sulfonamides is 1. The summed E-state index contributed by atoms with van der Waals surface area (Å²) < 4.78 is 27.0. The topological polar surface area (TPSA) is 119 Å². The molecule has 0 radical (unpaired) electrons. The highest BCUT2D eigenvalue weighted by Gasteiger charge is 2.21. The van der Waals surface area contributed by atoms with Crippen LogP contribution in [0.3, 0.4) is 0 Å². The number of hydrogen-bond donors (Lipinski definition) is 2. The van der Waals surface area contributed by atoms with Gasteiger partial charge in [0.25, 0.3) is 0 Å². The summed E-state index contributed by atoms with van der Waals surface area (Å²) in [6.07, 6.45) is 0.412. The first kappa shape index (κ1) is 17.2. The van der Waals surface area contributed by atoms with Crippen molar-refractivity contribution in [2.75, 3.05) is 26.2 Å². The molecule has 1 aliphatic rings. The smallest absolute Gasteiger partial charge is 0.409 e. The maximum absolute atomic E-state index is 11.7. The molecule has 3 N–H and O–H groups in total. The van der Waals surface area contributed by atoms with Crippen LogP contribution in [0.25, 0.3) is 0 Å². The van der Waals surface area contributed by atoms with Crippen molar-refractivity contribution in [1.82, 2.24) is 10.2 Å². The molecule has 0 unspecified atom stereocenters. The van der Waals surface area contributed by atoms with Crippen LogP contribution in [0.15, 0.2) is 29.2 Å². The third-order valence-corrected chi connectivity index (χ3v) is 4.37. The molecular weight excluding hydrogens is 322 g/mol. The molecule has 1 saturated heterocycles. The molecule has 0 bridgehead atoms. The Balaban J connectivity index is 1.70. The minimum Gasteiger partial charge on any atom is -0.448 e. The van der Waals surface area contributed by atoms with E-state index >= 15 is 0 Å². The van der Waals surface area contributed by atoms with Gasteiger partial charge in [-0.15, -0.1) is 0 Å². The zero-order valence-corrected chi connectivity index (χ0v) is 13.3. The fraction of sp³-hybridized carbons (Fsp3) is 0.429. The van der Waals surface area contributed by atoms with E-state index in [4.69, 9.17) is 9.88 Å². The lowest BCUT2D eigenvalue weighted by Gasteiger charge is -2.12. The summed E-state index contributed by atoms with van der Waals surface area (Å²) in [4.78, 5) is 24.5. The number of ether oxygens (including phenoxy) is 1. The Morgan fingerprint density at radius 3 is 2.57 bits per heavy atom. The normalized spacial score (nSPS) is 14.7. The van der Waals surface area contributed by atoms with Gasteiger partial charge >= 0.3 is 6.09 Å². The minimum absolute atomic E-state index is 0.0581. The summed E-state index contributed by atoms with van der Waals surface area (Å²) >= 11 is 0. The highest BCUT2D eigenvalue weighted by molar-refractivity contribution is 7.89. The number of sulfonamides is 1. The van der Waals surface area contributed by atoms with Gasteiger partial charge < -0.3 is 15.0 Å². The van der Waals surface area contributed by atoms with Crippen LogP contribution in [0.5, 0.6) is 0 Å². The predicted molar refractivity (Wildman–Crippen MR) is 82.1 cm³/mol. The lowest BCUT2D eigenvalue weighted by molar-refractivity contribution is -0.121. The molecule has 23 heavy (non-hydrogen) atoms. The van der Waals surface area contributed by atoms with Crippen LogP contribution < -0.4 is 10.5 Å². The second-order valence-corrected chi connectivity index (χ2v) is 6.70. The molecule has 1 aromatic rings. The van der Waals surface area contributed by atoms with Crippen molar-refractivity contribution in [3.05, 3.63) is 29.8 Å². The number of rotatable bonds is 7. The van der Waals surface area contributed by atoms with E-state index < -0.39 is 10.0 Å². The number of hydrogen-bond acceptors (Lipinski definition) is 5. The van der Waals surface area contributed by atoms with Crippen molar-refractivity contribution in [3.63, 3.8) is 0 Å². The summed E-state index contributed by atoms with van der Waals surface area (Å²) in [5.74, 6) is -0.147. The Labute approximate surface area is 134 Å². The minimum atomic E-state index is -3.69. The average Bonchev–Trinajstić information content (AvgIpc) is 2.90. The molecule has 8 nitrogen and oxygen atoms in total. The zero-order valence-electron chi connectivity index (χ0n) is 12.5. The first-order valence-electron chi connectivity index (χ1n) is 7.16. The van der Waals surface area contributed by atoms with Gasteiger partial charge in [0.05, 0.1) is 11.4 Å². The van der Waals surface area contributed by atoms with E-state index in [1.165, 1.54) is 17.0 Å². The fourth-order valence-electron chi connectivity index (χ4n) is 2.15. The summed E-state index contributed by atoms with van der Waals surface area (Å²) in [5.41, 5.74) is 0.890. The number of carbonyl (C=O) groups is 2. The first-order chi connectivity index (χ1) is 10.9. The van der Waals surface area contributed by atoms with Gasteiger partial charge in [-0.25, -0.2) is 18.4 Å². The predicted octanol–water partition coefficient (Wildman–Crippen LogP) is -0.165. The Kier molecular flexibility index (Phi) is 5.56. The van der Waals surface area contributed by atoms with Gasteiger partial charge in [0, 0.05) is 19.5 Å². The molecule has 0 aromatic heterocycles. The molecule has 0 atom stereocenters. The largest absolute Gasteiger partial charge is 0.448 e. The van der Waals surface area contributed by atoms with Gasteiger partial charge in [0.2, 0.25) is 15.9 Å². The molecule has 1 aromatic carbocycles. The highest BCUT2D eigenvalue weighted by atomic mass is 32.2. The molecule has 1 aliphatic heterocycles. The van der Waals surface area contributed by atoms with Crippen molar-refractivity contribution in [2.24, 2.45) is 5.14 Å². The standard InChI is InChI=1S/C14H19N3O5S/c15-23(20,21)12-3-1-11(2-4-12)5-7-16-13(18)6-8-17-9-10-22-14(17)19/h1-4H,5-10H2,(H,16,18)(H2,15,20,21). The summed E-state index contributed by atoms with van der Waals surface area (Å²) in [6, 6.07) is 6.19. The van der Waals surface area contributed by atoms with Gasteiger partial charge in [-0.3, -0.25) is 4.79 Å². The molecule has 0 aliphatic carbocycles. The van der Waals surface area contributed by atoms with Crippen LogP contribution in [0.2, 0.25) is 0 Å². The number of nitrogens with two attached hydrogens (primary N) is 1. The van der Waals surface area contributed by atoms with Gasteiger partial charge in [0.1, 0.15) is 6.61 Å². The third kappa shape index (κ3) is 5.22. The Morgan fingerprint density at radius 1 is 1.30 bits per heavy atom. The van der Waals surface area contributed by atoms with Gasteiger partial charge in [-0.2, -0.15) is 0 Å². The number of nitrogens with one attached hydrogen (secondary N) is 1. The van der Waals surface area contributed by atoms with E-state index in [2.05, 4.69) is 5.32 Å². The summed E-state index contributed by atoms with van der Waals surface area (Å²) in [7, 11) is -3.69. The highest BCUT2D eigenvalue weighted by Crippen LogP contribution is 2.09. The van der Waals surface area contributed by atoms with E-state index in [-0.39, 0.29) is 23.3 Å². The second-order valence-electron chi connectivity index (χ2n) is 5.14. The summed E-state index contributed by atoms with van der Waals surface area (Å²) in [5, 5.41) is 7.77. The van der Waals surface area contributed by atoms with Crippen molar-refractivity contribution >= 4 is 22.0 Å². The maximum Gasteiger partial charge on any atom is 0.409 e. The van der Waals surface area contributed by atoms with Crippen LogP contribution >= 0.6 is 0 Å². The molecule has 2 rings (SSSR count). The molecule has 9 heteroatoms. The van der Waals surface area contributed by atoms with E-state index in [1.807, 2.05) is 0 Å². The molecule has 0 saturated carbocycles. The fourth-order valence-corrected chi connectivity index (χ4v) is 2.66. The molecule has 0 spiro atoms. The van der Waals surface area contributed by atoms with Gasteiger partial charge in [-0.05, 0) is 24.1 Å². The Morgan fingerprint density at radius 2 is 2.00 bits per heavy atom. The second kappa shape index (κ2) is 7.42. The Hall–Kier alpha value is -2.13. The van der Waals surface area contributed by atoms with Crippen molar-refractivity contribution in [3.8, 4) is 0 Å². The molecule has 1 heterocycles. The number of nitrogens with zero attached hydrogens (tertiary/aromatic N) is 1. The molecule has 2 amide bonds. The van der Waals surface area contributed by atoms with E-state index in [9.17, 15) is 18.0 Å². The third-order valence-electron chi connectivity index (χ3n) is 3.44. The van der Waals surface area contributed by atoms with Crippen LogP contribution in [-0.2, 0) is 26.0 Å². The monoisotopic (exact) mass is 341 g/mol. The number of benzene rings is 1. The van der Waals surface area contributed by atoms with Crippen molar-refractivity contribution < 1.29 is 22.7 Å². The lowest BCUT2D eigenvalue weighted by Crippen LogP contribution is -2.32. The first-order valence-corrected chi connectivity index (χ1v) is 8.71. The van der Waals surface area contributed by atoms with Crippen LogP contribution in [-0.4, -0.2) is 51.6 Å². The zero-order chi connectivity index (χ0) is 16.9. The maximum atomic E-state index is 11.7. The van der Waals surface area contributed by atoms with Crippen molar-refractivity contribution in [2.45, 2.75) is 17.7 Å². The number of carbonyl (C=O) groups excluding carboxylic acids is 2. The number of amides is 2. The molecule has 126 valence electrons. The quantitative estimate of drug-likeness (QED) is 0.714. The summed E-state index contributed by atoms with van der Waals surface area (Å²) in [6.45, 7) is 1.66. The molecular formula is C14H19N3O5S. The van der Waals surface area contributed by atoms with Gasteiger partial charge in [-0.1, -0.05) is 12.1 Å². The Bertz CT molecular complexity index is 672. The van der Waals surface area contributed by atoms with Crippen LogP contribution in [0, 0.1) is 0 Å². The van der Waals surface area contributed by atoms with Crippen LogP contribution in [0.4, 0.5) is 4.79 Å². The average molecular weight is 341 g/mol. The SMILES string of the molecule is NS(=O)(=O)c1ccc(CCNC(=O)CCN2CCOC2=O)cc1. The van der Waals surface area contributed by atoms with E-state index in [1.54, 1.807) is 12.1 Å². The lowest BCUT2D eigenvalue weighted by atomic mass is 10.1. The van der Waals surface area contributed by atoms with Gasteiger partial charge in [0.15, 0.2) is 0 Å². The van der Waals surface area contributed by atoms with Crippen molar-refractivity contribution in [1.29, 1.82) is 0 Å². The van der Waals surface area contributed by atoms with E-state index in [0.717, 1.165) is 5.56 Å². The molecule has 1 fully saturated rings. The van der Waals surface area contributed by atoms with E-state index in [0.29, 0.717) is 32.7 Å². The van der Waals surface area contributed by atoms with Crippen LogP contribution in [0.1, 0.15) is 12.0 Å². The number of cyclic esters (lactones) is 1.